The highest BCUT2D eigenvalue weighted by molar-refractivity contribution is 5.97. The Bertz CT molecular complexity index is 385. The van der Waals surface area contributed by atoms with Gasteiger partial charge in [-0.3, -0.25) is 4.79 Å². The second-order valence-electron chi connectivity index (χ2n) is 3.47. The van der Waals surface area contributed by atoms with Crippen LogP contribution in [-0.4, -0.2) is 17.1 Å². The van der Waals surface area contributed by atoms with Crippen molar-refractivity contribution < 1.29 is 9.90 Å². The van der Waals surface area contributed by atoms with Gasteiger partial charge in [0.2, 0.25) is 0 Å². The number of phenols is 1. The van der Waals surface area contributed by atoms with Crippen LogP contribution in [0.2, 0.25) is 0 Å². The molecule has 0 aliphatic heterocycles. The van der Waals surface area contributed by atoms with Crippen LogP contribution in [0.1, 0.15) is 22.8 Å². The number of nitrogens with one attached hydrogen (secondary N) is 1. The minimum absolute atomic E-state index is 0.0336. The van der Waals surface area contributed by atoms with Crippen LogP contribution in [0.5, 0.6) is 5.75 Å². The summed E-state index contributed by atoms with van der Waals surface area (Å²) in [6, 6.07) is 4.97. The number of carbonyl (C=O) groups is 1. The molecule has 1 rings (SSSR count). The third-order valence-corrected chi connectivity index (χ3v) is 2.19. The van der Waals surface area contributed by atoms with Gasteiger partial charge in [-0.1, -0.05) is 18.2 Å². The van der Waals surface area contributed by atoms with E-state index < -0.39 is 0 Å². The molecule has 15 heavy (non-hydrogen) atoms. The predicted octanol–water partition coefficient (Wildman–Crippen LogP) is 2.00. The van der Waals surface area contributed by atoms with E-state index in [9.17, 15) is 9.90 Å². The first-order chi connectivity index (χ1) is 7.06. The number of para-hydroxylation sites is 1. The number of hydrogen-bond donors (Lipinski definition) is 2. The molecule has 3 heteroatoms. The number of rotatable bonds is 3. The number of carbonyl (C=O) groups excluding carboxylic acids is 1. The minimum atomic E-state index is -0.288. The fraction of sp³-hybridized carbons (Fsp3) is 0.250. The number of benzene rings is 1. The van der Waals surface area contributed by atoms with E-state index in [1.54, 1.807) is 31.2 Å². The van der Waals surface area contributed by atoms with Crippen molar-refractivity contribution in [1.82, 2.24) is 5.32 Å². The number of hydrogen-bond acceptors (Lipinski definition) is 2. The van der Waals surface area contributed by atoms with E-state index >= 15 is 0 Å². The third-order valence-electron chi connectivity index (χ3n) is 2.19. The standard InChI is InChI=1S/C12H15NO2/c1-4-9(3)13-12(15)10-7-5-6-8(2)11(10)14/h4-7,9,14H,1H2,2-3H3,(H,13,15). The summed E-state index contributed by atoms with van der Waals surface area (Å²) in [5, 5.41) is 12.4. The summed E-state index contributed by atoms with van der Waals surface area (Å²) in [5.74, 6) is -0.255. The molecule has 1 aromatic rings. The van der Waals surface area contributed by atoms with Crippen LogP contribution in [0.3, 0.4) is 0 Å². The molecule has 0 radical (unpaired) electrons. The predicted molar refractivity (Wildman–Crippen MR) is 60.0 cm³/mol. The van der Waals surface area contributed by atoms with Crippen LogP contribution in [0, 0.1) is 6.92 Å². The second-order valence-corrected chi connectivity index (χ2v) is 3.47. The Morgan fingerprint density at radius 1 is 1.60 bits per heavy atom. The maximum atomic E-state index is 11.7. The average Bonchev–Trinajstić information content (AvgIpc) is 2.21. The van der Waals surface area contributed by atoms with Crippen molar-refractivity contribution >= 4 is 5.91 Å². The number of amides is 1. The molecule has 1 unspecified atom stereocenters. The molecule has 0 spiro atoms. The molecule has 0 heterocycles. The molecule has 1 atom stereocenters. The monoisotopic (exact) mass is 205 g/mol. The zero-order valence-electron chi connectivity index (χ0n) is 8.95. The molecule has 1 aromatic carbocycles. The molecule has 0 aromatic heterocycles. The Kier molecular flexibility index (Phi) is 3.50. The summed E-state index contributed by atoms with van der Waals surface area (Å²) >= 11 is 0. The van der Waals surface area contributed by atoms with E-state index in [-0.39, 0.29) is 17.7 Å². The Morgan fingerprint density at radius 3 is 2.87 bits per heavy atom. The zero-order valence-corrected chi connectivity index (χ0v) is 8.95. The van der Waals surface area contributed by atoms with E-state index in [1.807, 2.05) is 6.92 Å². The first-order valence-electron chi connectivity index (χ1n) is 4.78. The molecule has 0 aliphatic rings. The van der Waals surface area contributed by atoms with Crippen LogP contribution in [0.4, 0.5) is 0 Å². The number of aryl methyl sites for hydroxylation is 1. The lowest BCUT2D eigenvalue weighted by Crippen LogP contribution is -2.30. The zero-order chi connectivity index (χ0) is 11.4. The van der Waals surface area contributed by atoms with Gasteiger partial charge in [0.1, 0.15) is 5.75 Å². The first kappa shape index (κ1) is 11.3. The molecular formula is C12H15NO2. The fourth-order valence-electron chi connectivity index (χ4n) is 1.19. The van der Waals surface area contributed by atoms with Crippen LogP contribution < -0.4 is 5.32 Å². The lowest BCUT2D eigenvalue weighted by Gasteiger charge is -2.11. The van der Waals surface area contributed by atoms with Gasteiger partial charge in [-0.05, 0) is 25.5 Å². The van der Waals surface area contributed by atoms with E-state index in [1.165, 1.54) is 0 Å². The number of phenolic OH excluding ortho intramolecular Hbond substituents is 1. The van der Waals surface area contributed by atoms with Crippen LogP contribution in [0.25, 0.3) is 0 Å². The van der Waals surface area contributed by atoms with Gasteiger partial charge in [-0.25, -0.2) is 0 Å². The normalized spacial score (nSPS) is 11.9. The molecule has 0 aliphatic carbocycles. The summed E-state index contributed by atoms with van der Waals surface area (Å²) < 4.78 is 0. The smallest absolute Gasteiger partial charge is 0.255 e. The maximum absolute atomic E-state index is 11.7. The van der Waals surface area contributed by atoms with Gasteiger partial charge in [0, 0.05) is 6.04 Å². The van der Waals surface area contributed by atoms with E-state index in [2.05, 4.69) is 11.9 Å². The lowest BCUT2D eigenvalue weighted by atomic mass is 10.1. The third kappa shape index (κ3) is 2.59. The molecular weight excluding hydrogens is 190 g/mol. The quantitative estimate of drug-likeness (QED) is 0.741. The van der Waals surface area contributed by atoms with Crippen LogP contribution in [0.15, 0.2) is 30.9 Å². The Balaban J connectivity index is 2.91. The highest BCUT2D eigenvalue weighted by Crippen LogP contribution is 2.21. The van der Waals surface area contributed by atoms with E-state index in [0.717, 1.165) is 0 Å². The van der Waals surface area contributed by atoms with Crippen molar-refractivity contribution in [3.8, 4) is 5.75 Å². The largest absolute Gasteiger partial charge is 0.507 e. The SMILES string of the molecule is C=CC(C)NC(=O)c1cccc(C)c1O. The van der Waals surface area contributed by atoms with Gasteiger partial charge in [0.15, 0.2) is 0 Å². The van der Waals surface area contributed by atoms with Crippen LogP contribution >= 0.6 is 0 Å². The molecule has 1 amide bonds. The summed E-state index contributed by atoms with van der Waals surface area (Å²) in [7, 11) is 0. The summed E-state index contributed by atoms with van der Waals surface area (Å²) in [4.78, 5) is 11.7. The Labute approximate surface area is 89.4 Å². The Hall–Kier alpha value is -1.77. The highest BCUT2D eigenvalue weighted by atomic mass is 16.3. The fourth-order valence-corrected chi connectivity index (χ4v) is 1.19. The highest BCUT2D eigenvalue weighted by Gasteiger charge is 2.12. The summed E-state index contributed by atoms with van der Waals surface area (Å²) in [5.41, 5.74) is 0.984. The van der Waals surface area contributed by atoms with Gasteiger partial charge in [0.25, 0.3) is 5.91 Å². The maximum Gasteiger partial charge on any atom is 0.255 e. The number of aromatic hydroxyl groups is 1. The van der Waals surface area contributed by atoms with Gasteiger partial charge < -0.3 is 10.4 Å². The average molecular weight is 205 g/mol. The van der Waals surface area contributed by atoms with Gasteiger partial charge >= 0.3 is 0 Å². The first-order valence-corrected chi connectivity index (χ1v) is 4.78. The van der Waals surface area contributed by atoms with Gasteiger partial charge in [-0.15, -0.1) is 6.58 Å². The van der Waals surface area contributed by atoms with Gasteiger partial charge in [-0.2, -0.15) is 0 Å². The van der Waals surface area contributed by atoms with Crippen molar-refractivity contribution in [1.29, 1.82) is 0 Å². The van der Waals surface area contributed by atoms with E-state index in [0.29, 0.717) is 11.1 Å². The minimum Gasteiger partial charge on any atom is -0.507 e. The summed E-state index contributed by atoms with van der Waals surface area (Å²) in [6.07, 6.45) is 1.63. The molecule has 0 saturated heterocycles. The van der Waals surface area contributed by atoms with Crippen molar-refractivity contribution in [3.05, 3.63) is 42.0 Å². The molecule has 0 fully saturated rings. The van der Waals surface area contributed by atoms with Crippen LogP contribution in [-0.2, 0) is 0 Å². The topological polar surface area (TPSA) is 49.3 Å². The van der Waals surface area contributed by atoms with Crippen molar-refractivity contribution in [2.24, 2.45) is 0 Å². The molecule has 3 nitrogen and oxygen atoms in total. The molecule has 0 saturated carbocycles. The van der Waals surface area contributed by atoms with E-state index in [4.69, 9.17) is 0 Å². The molecule has 0 bridgehead atoms. The van der Waals surface area contributed by atoms with Crippen molar-refractivity contribution in [2.45, 2.75) is 19.9 Å². The molecule has 80 valence electrons. The van der Waals surface area contributed by atoms with Gasteiger partial charge in [0.05, 0.1) is 5.56 Å². The lowest BCUT2D eigenvalue weighted by molar-refractivity contribution is 0.0944. The van der Waals surface area contributed by atoms with Crippen molar-refractivity contribution in [3.63, 3.8) is 0 Å². The second kappa shape index (κ2) is 4.64. The molecule has 2 N–H and O–H groups in total. The Morgan fingerprint density at radius 2 is 2.27 bits per heavy atom. The van der Waals surface area contributed by atoms with Crippen molar-refractivity contribution in [2.75, 3.05) is 0 Å². The summed E-state index contributed by atoms with van der Waals surface area (Å²) in [6.45, 7) is 7.14.